The van der Waals surface area contributed by atoms with E-state index in [1.807, 2.05) is 24.4 Å². The predicted octanol–water partition coefficient (Wildman–Crippen LogP) is 3.39. The number of pyridine rings is 1. The molecule has 0 aliphatic heterocycles. The van der Waals surface area contributed by atoms with E-state index in [0.29, 0.717) is 6.04 Å². The van der Waals surface area contributed by atoms with E-state index in [1.54, 1.807) is 12.1 Å². The molecule has 14 heavy (non-hydrogen) atoms. The minimum absolute atomic E-state index is 0.505. The van der Waals surface area contributed by atoms with Gasteiger partial charge in [0.25, 0.3) is 0 Å². The number of benzene rings is 2. The maximum Gasteiger partial charge on any atom is 0.0708 e. The fourth-order valence-corrected chi connectivity index (χ4v) is 1.75. The first-order chi connectivity index (χ1) is 7.34. The Kier molecular flexibility index (Phi) is 1.31. The van der Waals surface area contributed by atoms with Crippen molar-refractivity contribution in [2.24, 2.45) is 0 Å². The van der Waals surface area contributed by atoms with Crippen molar-refractivity contribution in [2.45, 2.75) is 0 Å². The van der Waals surface area contributed by atoms with Crippen LogP contribution in [0.2, 0.25) is 0 Å². The number of nitrogens with zero attached hydrogens (tertiary/aromatic N) is 1. The highest BCUT2D eigenvalue weighted by atomic mass is 14.6. The van der Waals surface area contributed by atoms with E-state index in [2.05, 4.69) is 17.1 Å². The predicted molar refractivity (Wildman–Crippen MR) is 59.2 cm³/mol. The molecule has 0 amide bonds. The zero-order valence-electron chi connectivity index (χ0n) is 8.57. The van der Waals surface area contributed by atoms with Crippen molar-refractivity contribution in [1.29, 1.82) is 0 Å². The summed E-state index contributed by atoms with van der Waals surface area (Å²) in [6, 6.07) is 14.2. The van der Waals surface area contributed by atoms with Crippen molar-refractivity contribution in [1.82, 2.24) is 4.98 Å². The normalized spacial score (nSPS) is 11.9. The van der Waals surface area contributed by atoms with E-state index in [1.165, 1.54) is 5.39 Å². The third kappa shape index (κ3) is 0.990. The Labute approximate surface area is 83.4 Å². The Morgan fingerprint density at radius 1 is 0.929 bits per heavy atom. The van der Waals surface area contributed by atoms with Crippen LogP contribution in [0.1, 0.15) is 1.37 Å². The van der Waals surface area contributed by atoms with Gasteiger partial charge < -0.3 is 0 Å². The number of rotatable bonds is 0. The molecule has 0 N–H and O–H groups in total. The Morgan fingerprint density at radius 2 is 1.79 bits per heavy atom. The Morgan fingerprint density at radius 3 is 2.79 bits per heavy atom. The number of hydrogen-bond donors (Lipinski definition) is 0. The molecule has 0 unspecified atom stereocenters. The zero-order valence-corrected chi connectivity index (χ0v) is 7.57. The zero-order chi connectivity index (χ0) is 10.3. The molecule has 1 aromatic heterocycles. The smallest absolute Gasteiger partial charge is 0.0708 e. The SMILES string of the molecule is [2H]c1ccc2c(c1)ncc1ccccc12. The summed E-state index contributed by atoms with van der Waals surface area (Å²) in [5.41, 5.74) is 0.890. The Bertz CT molecular complexity index is 646. The topological polar surface area (TPSA) is 12.9 Å². The van der Waals surface area contributed by atoms with Crippen LogP contribution < -0.4 is 0 Å². The molecule has 0 aliphatic rings. The number of para-hydroxylation sites is 1. The lowest BCUT2D eigenvalue weighted by atomic mass is 10.1. The molecule has 3 rings (SSSR count). The van der Waals surface area contributed by atoms with E-state index in [4.69, 9.17) is 1.37 Å². The highest BCUT2D eigenvalue weighted by Crippen LogP contribution is 2.22. The van der Waals surface area contributed by atoms with Crippen LogP contribution in [0.3, 0.4) is 0 Å². The summed E-state index contributed by atoms with van der Waals surface area (Å²) >= 11 is 0. The number of hydrogen-bond acceptors (Lipinski definition) is 1. The molecule has 0 fully saturated rings. The summed E-state index contributed by atoms with van der Waals surface area (Å²) < 4.78 is 7.55. The van der Waals surface area contributed by atoms with Crippen LogP contribution in [-0.4, -0.2) is 4.98 Å². The van der Waals surface area contributed by atoms with Gasteiger partial charge in [-0.2, -0.15) is 0 Å². The second-order valence-corrected chi connectivity index (χ2v) is 3.29. The lowest BCUT2D eigenvalue weighted by Crippen LogP contribution is -1.80. The summed E-state index contributed by atoms with van der Waals surface area (Å²) in [7, 11) is 0. The monoisotopic (exact) mass is 180 g/mol. The van der Waals surface area contributed by atoms with Crippen molar-refractivity contribution < 1.29 is 1.37 Å². The molecule has 0 aliphatic carbocycles. The van der Waals surface area contributed by atoms with Gasteiger partial charge in [-0.1, -0.05) is 42.4 Å². The standard InChI is InChI=1S/C13H9N/c1-2-6-11-10(5-1)9-14-13-8-4-3-7-12(11)13/h1-9H/i4D. The van der Waals surface area contributed by atoms with Crippen LogP contribution >= 0.6 is 0 Å². The minimum atomic E-state index is 0.505. The lowest BCUT2D eigenvalue weighted by Gasteiger charge is -2.01. The second-order valence-electron chi connectivity index (χ2n) is 3.29. The summed E-state index contributed by atoms with van der Waals surface area (Å²) in [4.78, 5) is 4.35. The second kappa shape index (κ2) is 2.81. The van der Waals surface area contributed by atoms with Crippen molar-refractivity contribution >= 4 is 21.7 Å². The molecular formula is C13H9N. The quantitative estimate of drug-likeness (QED) is 0.483. The summed E-state index contributed by atoms with van der Waals surface area (Å²) in [6.45, 7) is 0. The molecule has 1 nitrogen and oxygen atoms in total. The molecule has 0 saturated carbocycles. The molecule has 0 radical (unpaired) electrons. The van der Waals surface area contributed by atoms with Gasteiger partial charge in [-0.25, -0.2) is 0 Å². The van der Waals surface area contributed by atoms with Crippen molar-refractivity contribution in [2.75, 3.05) is 0 Å². The van der Waals surface area contributed by atoms with Crippen LogP contribution in [0, 0.1) is 0 Å². The maximum atomic E-state index is 7.55. The van der Waals surface area contributed by atoms with Crippen LogP contribution in [0.15, 0.2) is 54.7 Å². The van der Waals surface area contributed by atoms with Crippen molar-refractivity contribution in [3.05, 3.63) is 54.7 Å². The largest absolute Gasteiger partial charge is 0.256 e. The molecular weight excluding hydrogens is 170 g/mol. The maximum absolute atomic E-state index is 7.55. The van der Waals surface area contributed by atoms with Gasteiger partial charge >= 0.3 is 0 Å². The van der Waals surface area contributed by atoms with E-state index in [9.17, 15) is 0 Å². The molecule has 3 aromatic rings. The number of fused-ring (bicyclic) bond motifs is 3. The van der Waals surface area contributed by atoms with Gasteiger partial charge in [0.15, 0.2) is 0 Å². The van der Waals surface area contributed by atoms with Crippen LogP contribution in [0.4, 0.5) is 0 Å². The molecule has 1 heteroatoms. The first-order valence-corrected chi connectivity index (χ1v) is 4.59. The highest BCUT2D eigenvalue weighted by molar-refractivity contribution is 6.05. The first-order valence-electron chi connectivity index (χ1n) is 5.09. The van der Waals surface area contributed by atoms with Gasteiger partial charge in [-0.15, -0.1) is 0 Å². The summed E-state index contributed by atoms with van der Waals surface area (Å²) in [6.07, 6.45) is 1.86. The van der Waals surface area contributed by atoms with Gasteiger partial charge in [0.1, 0.15) is 0 Å². The van der Waals surface area contributed by atoms with Crippen molar-refractivity contribution in [3.63, 3.8) is 0 Å². The first kappa shape index (κ1) is 6.55. The van der Waals surface area contributed by atoms with E-state index in [0.717, 1.165) is 16.3 Å². The molecule has 1 heterocycles. The van der Waals surface area contributed by atoms with Gasteiger partial charge in [0.05, 0.1) is 6.89 Å². The van der Waals surface area contributed by atoms with Gasteiger partial charge in [-0.05, 0) is 11.5 Å². The van der Waals surface area contributed by atoms with E-state index < -0.39 is 0 Å². The molecule has 2 aromatic carbocycles. The van der Waals surface area contributed by atoms with Crippen LogP contribution in [-0.2, 0) is 0 Å². The van der Waals surface area contributed by atoms with E-state index >= 15 is 0 Å². The lowest BCUT2D eigenvalue weighted by molar-refractivity contribution is 1.44. The molecule has 0 atom stereocenters. The van der Waals surface area contributed by atoms with Gasteiger partial charge in [0.2, 0.25) is 0 Å². The fourth-order valence-electron chi connectivity index (χ4n) is 1.75. The van der Waals surface area contributed by atoms with Gasteiger partial charge in [-0.3, -0.25) is 4.98 Å². The molecule has 0 spiro atoms. The highest BCUT2D eigenvalue weighted by Gasteiger charge is 1.98. The Balaban J connectivity index is 2.55. The average molecular weight is 180 g/mol. The van der Waals surface area contributed by atoms with E-state index in [-0.39, 0.29) is 0 Å². The third-order valence-corrected chi connectivity index (χ3v) is 2.44. The fraction of sp³-hybridized carbons (Fsp3) is 0. The summed E-state index contributed by atoms with van der Waals surface area (Å²) in [5, 5.41) is 3.45. The Hall–Kier alpha value is -1.89. The molecule has 0 bridgehead atoms. The third-order valence-electron chi connectivity index (χ3n) is 2.44. The summed E-state index contributed by atoms with van der Waals surface area (Å²) in [5.74, 6) is 0. The van der Waals surface area contributed by atoms with Gasteiger partial charge in [0, 0.05) is 17.0 Å². The van der Waals surface area contributed by atoms with Crippen molar-refractivity contribution in [3.8, 4) is 0 Å². The number of aromatic nitrogens is 1. The molecule has 0 saturated heterocycles. The van der Waals surface area contributed by atoms with Crippen LogP contribution in [0.25, 0.3) is 21.7 Å². The molecule has 66 valence electrons. The van der Waals surface area contributed by atoms with Crippen LogP contribution in [0.5, 0.6) is 0 Å². The minimum Gasteiger partial charge on any atom is -0.256 e. The average Bonchev–Trinajstić information content (AvgIpc) is 2.28.